The lowest BCUT2D eigenvalue weighted by Gasteiger charge is -2.28. The van der Waals surface area contributed by atoms with Crippen LogP contribution < -0.4 is 11.1 Å². The van der Waals surface area contributed by atoms with Crippen molar-refractivity contribution in [2.45, 2.75) is 31.4 Å². The highest BCUT2D eigenvalue weighted by molar-refractivity contribution is 6.34. The van der Waals surface area contributed by atoms with Crippen molar-refractivity contribution in [3.63, 3.8) is 0 Å². The highest BCUT2D eigenvalue weighted by Gasteiger charge is 2.37. The van der Waals surface area contributed by atoms with Gasteiger partial charge in [0.2, 0.25) is 11.4 Å². The average Bonchev–Trinajstić information content (AvgIpc) is 2.54. The molecule has 1 aromatic carbocycles. The summed E-state index contributed by atoms with van der Waals surface area (Å²) in [5, 5.41) is 6.18. The smallest absolute Gasteiger partial charge is 0.252 e. The van der Waals surface area contributed by atoms with Crippen molar-refractivity contribution in [1.29, 1.82) is 0 Å². The number of hydrogen-bond donors (Lipinski definition) is 2. The Morgan fingerprint density at radius 3 is 2.67 bits per heavy atom. The monoisotopic (exact) mass is 377 g/mol. The van der Waals surface area contributed by atoms with Gasteiger partial charge in [0.1, 0.15) is 12.6 Å². The number of Topliss-reactive ketones (excluding diaryl/α,β-unsaturated/α-hetero) is 1. The maximum Gasteiger partial charge on any atom is 0.252 e. The molecule has 24 heavy (non-hydrogen) atoms. The van der Waals surface area contributed by atoms with Crippen LogP contribution in [-0.4, -0.2) is 36.2 Å². The van der Waals surface area contributed by atoms with Crippen molar-refractivity contribution < 1.29 is 18.8 Å². The Hall–Kier alpha value is -1.86. The van der Waals surface area contributed by atoms with Crippen molar-refractivity contribution in [2.75, 3.05) is 12.8 Å². The van der Waals surface area contributed by atoms with Gasteiger partial charge in [-0.05, 0) is 25.5 Å². The Morgan fingerprint density at radius 1 is 1.54 bits per heavy atom. The van der Waals surface area contributed by atoms with Gasteiger partial charge in [0, 0.05) is 11.1 Å². The van der Waals surface area contributed by atoms with Gasteiger partial charge in [0.05, 0.1) is 16.9 Å². The number of oxime groups is 1. The molecule has 0 aliphatic carbocycles. The van der Waals surface area contributed by atoms with Crippen molar-refractivity contribution in [2.24, 2.45) is 5.16 Å². The van der Waals surface area contributed by atoms with Crippen molar-refractivity contribution in [1.82, 2.24) is 5.32 Å². The third-order valence-electron chi connectivity index (χ3n) is 3.56. The number of nitrogens with one attached hydrogen (secondary N) is 1. The molecule has 0 saturated heterocycles. The molecule has 2 atom stereocenters. The van der Waals surface area contributed by atoms with Crippen molar-refractivity contribution >= 4 is 46.8 Å². The van der Waals surface area contributed by atoms with Crippen LogP contribution in [0, 0.1) is 0 Å². The van der Waals surface area contributed by atoms with Gasteiger partial charge in [-0.15, -0.1) is 0 Å². The molecule has 0 spiro atoms. The molecule has 9 heteroatoms. The van der Waals surface area contributed by atoms with Crippen LogP contribution in [-0.2, 0) is 9.63 Å². The first-order chi connectivity index (χ1) is 11.2. The molecule has 1 amide bonds. The van der Waals surface area contributed by atoms with Crippen LogP contribution in [0.4, 0.5) is 10.1 Å². The molecule has 1 aromatic rings. The summed E-state index contributed by atoms with van der Waals surface area (Å²) in [7, 11) is 1.35. The third-order valence-corrected chi connectivity index (χ3v) is 4.07. The number of nitrogens with two attached hydrogens (primary N) is 1. The molecule has 6 nitrogen and oxygen atoms in total. The zero-order chi connectivity index (χ0) is 18.5. The second kappa shape index (κ2) is 8.30. The lowest BCUT2D eigenvalue weighted by atomic mass is 9.93. The Balaban J connectivity index is 3.17. The molecular formula is C15H18Cl2FN3O3. The van der Waals surface area contributed by atoms with Gasteiger partial charge in [-0.1, -0.05) is 35.3 Å². The number of alkyl halides is 2. The van der Waals surface area contributed by atoms with Crippen LogP contribution in [0.5, 0.6) is 0 Å². The highest BCUT2D eigenvalue weighted by Crippen LogP contribution is 2.25. The quantitative estimate of drug-likeness (QED) is 0.330. The minimum Gasteiger partial charge on any atom is -0.399 e. The SMILES string of the molecule is CCC(C)(NC(=O)c1cc(Cl)c(N)c(/C=N/OC)c1)C(=O)C(F)Cl. The fourth-order valence-electron chi connectivity index (χ4n) is 1.87. The van der Waals surface area contributed by atoms with E-state index in [1.165, 1.54) is 32.4 Å². The summed E-state index contributed by atoms with van der Waals surface area (Å²) < 4.78 is 13.1. The van der Waals surface area contributed by atoms with Crippen LogP contribution in [0.2, 0.25) is 5.02 Å². The zero-order valence-electron chi connectivity index (χ0n) is 13.4. The number of halogens is 3. The molecule has 0 aliphatic rings. The number of hydrogen-bond acceptors (Lipinski definition) is 5. The van der Waals surface area contributed by atoms with Crippen LogP contribution in [0.1, 0.15) is 36.2 Å². The van der Waals surface area contributed by atoms with E-state index in [0.29, 0.717) is 5.56 Å². The van der Waals surface area contributed by atoms with Crippen LogP contribution >= 0.6 is 23.2 Å². The minimum atomic E-state index is -2.21. The van der Waals surface area contributed by atoms with Gasteiger partial charge in [-0.25, -0.2) is 4.39 Å². The number of nitrogen functional groups attached to an aromatic ring is 1. The summed E-state index contributed by atoms with van der Waals surface area (Å²) >= 11 is 11.2. The number of amides is 1. The van der Waals surface area contributed by atoms with Crippen LogP contribution in [0.15, 0.2) is 17.3 Å². The fraction of sp³-hybridized carbons (Fsp3) is 0.400. The molecule has 0 radical (unpaired) electrons. The maximum absolute atomic E-state index is 13.1. The Kier molecular flexibility index (Phi) is 6.98. The van der Waals surface area contributed by atoms with Crippen molar-refractivity contribution in [3.8, 4) is 0 Å². The topological polar surface area (TPSA) is 93.8 Å². The molecule has 0 fully saturated rings. The summed E-state index contributed by atoms with van der Waals surface area (Å²) in [6.07, 6.45) is 1.45. The molecular weight excluding hydrogens is 360 g/mol. The minimum absolute atomic E-state index is 0.129. The molecule has 0 bridgehead atoms. The summed E-state index contributed by atoms with van der Waals surface area (Å²) in [5.41, 5.74) is 2.84. The number of ketones is 1. The third kappa shape index (κ3) is 4.58. The number of carbonyl (C=O) groups is 2. The summed E-state index contributed by atoms with van der Waals surface area (Å²) in [6.45, 7) is 3.03. The predicted molar refractivity (Wildman–Crippen MR) is 92.4 cm³/mol. The van der Waals surface area contributed by atoms with Gasteiger partial charge >= 0.3 is 0 Å². The van der Waals surface area contributed by atoms with E-state index in [0.717, 1.165) is 0 Å². The van der Waals surface area contributed by atoms with E-state index in [9.17, 15) is 14.0 Å². The Bertz CT molecular complexity index is 668. The number of nitrogens with zero attached hydrogens (tertiary/aromatic N) is 1. The summed E-state index contributed by atoms with van der Waals surface area (Å²) in [5.74, 6) is -1.55. The highest BCUT2D eigenvalue weighted by atomic mass is 35.5. The molecule has 0 saturated carbocycles. The first-order valence-corrected chi connectivity index (χ1v) is 7.78. The van der Waals surface area contributed by atoms with Gasteiger partial charge < -0.3 is 15.9 Å². The normalized spacial score (nSPS) is 14.9. The van der Waals surface area contributed by atoms with E-state index in [1.807, 2.05) is 0 Å². The predicted octanol–water partition coefficient (Wildman–Crippen LogP) is 2.90. The van der Waals surface area contributed by atoms with E-state index in [4.69, 9.17) is 28.9 Å². The lowest BCUT2D eigenvalue weighted by molar-refractivity contribution is -0.127. The molecule has 0 aliphatic heterocycles. The Morgan fingerprint density at radius 2 is 2.17 bits per heavy atom. The number of rotatable bonds is 7. The van der Waals surface area contributed by atoms with E-state index < -0.39 is 22.9 Å². The van der Waals surface area contributed by atoms with Crippen molar-refractivity contribution in [3.05, 3.63) is 28.3 Å². The molecule has 3 N–H and O–H groups in total. The first kappa shape index (κ1) is 20.2. The molecule has 0 heterocycles. The molecule has 1 rings (SSSR count). The number of anilines is 1. The fourth-order valence-corrected chi connectivity index (χ4v) is 2.34. The number of carbonyl (C=O) groups excluding carboxylic acids is 2. The van der Waals surface area contributed by atoms with Gasteiger partial charge in [-0.2, -0.15) is 0 Å². The van der Waals surface area contributed by atoms with E-state index in [-0.39, 0.29) is 22.7 Å². The standard InChI is InChI=1S/C15H18Cl2FN3O3/c1-4-15(2,12(22)13(17)18)21-14(23)8-5-9(7-20-24-3)11(19)10(16)6-8/h5-7,13H,4,19H2,1-3H3,(H,21,23)/b20-7+. The van der Waals surface area contributed by atoms with Gasteiger partial charge in [-0.3, -0.25) is 9.59 Å². The molecule has 2 unspecified atom stereocenters. The zero-order valence-corrected chi connectivity index (χ0v) is 14.9. The van der Waals surface area contributed by atoms with E-state index >= 15 is 0 Å². The largest absolute Gasteiger partial charge is 0.399 e. The number of benzene rings is 1. The Labute approximate surface area is 149 Å². The maximum atomic E-state index is 13.1. The molecule has 132 valence electrons. The van der Waals surface area contributed by atoms with E-state index in [1.54, 1.807) is 6.92 Å². The van der Waals surface area contributed by atoms with Crippen LogP contribution in [0.25, 0.3) is 0 Å². The van der Waals surface area contributed by atoms with Crippen LogP contribution in [0.3, 0.4) is 0 Å². The van der Waals surface area contributed by atoms with E-state index in [2.05, 4.69) is 15.3 Å². The molecule has 0 aromatic heterocycles. The second-order valence-corrected chi connectivity index (χ2v) is 5.97. The average molecular weight is 378 g/mol. The summed E-state index contributed by atoms with van der Waals surface area (Å²) in [4.78, 5) is 28.9. The first-order valence-electron chi connectivity index (χ1n) is 6.96. The van der Waals surface area contributed by atoms with Gasteiger partial charge in [0.15, 0.2) is 0 Å². The summed E-state index contributed by atoms with van der Waals surface area (Å²) in [6, 6.07) is 2.76. The van der Waals surface area contributed by atoms with Gasteiger partial charge in [0.25, 0.3) is 5.91 Å². The lowest BCUT2D eigenvalue weighted by Crippen LogP contribution is -2.53. The second-order valence-electron chi connectivity index (χ2n) is 5.18.